The predicted molar refractivity (Wildman–Crippen MR) is 157 cm³/mol. The molecule has 0 fully saturated rings. The van der Waals surface area contributed by atoms with Crippen LogP contribution in [0.25, 0.3) is 27.7 Å². The first-order chi connectivity index (χ1) is 19.0. The van der Waals surface area contributed by atoms with Crippen LogP contribution in [0.3, 0.4) is 0 Å². The van der Waals surface area contributed by atoms with Crippen LogP contribution in [0.1, 0.15) is 35.0 Å². The quantitative estimate of drug-likeness (QED) is 0.222. The molecule has 7 heteroatoms. The molecule has 2 heterocycles. The van der Waals surface area contributed by atoms with Gasteiger partial charge in [0.15, 0.2) is 0 Å². The molecule has 1 unspecified atom stereocenters. The third-order valence-electron chi connectivity index (χ3n) is 6.85. The zero-order valence-corrected chi connectivity index (χ0v) is 21.8. The van der Waals surface area contributed by atoms with E-state index in [1.807, 2.05) is 61.5 Å². The molecule has 5 aromatic rings. The lowest BCUT2D eigenvalue weighted by atomic mass is 9.94. The van der Waals surface area contributed by atoms with Gasteiger partial charge in [-0.05, 0) is 72.9 Å². The van der Waals surface area contributed by atoms with Crippen LogP contribution < -0.4 is 10.6 Å². The molecule has 2 aromatic heterocycles. The number of nitrogens with one attached hydrogen (secondary N) is 3. The molecule has 0 radical (unpaired) electrons. The van der Waals surface area contributed by atoms with Crippen molar-refractivity contribution in [3.05, 3.63) is 114 Å². The van der Waals surface area contributed by atoms with Gasteiger partial charge in [-0.25, -0.2) is 9.97 Å². The molecule has 3 aromatic carbocycles. The van der Waals surface area contributed by atoms with Crippen molar-refractivity contribution in [1.82, 2.24) is 20.2 Å². The number of hydrogen-bond donors (Lipinski definition) is 3. The topological polar surface area (TPSA) is 95.6 Å². The van der Waals surface area contributed by atoms with Crippen molar-refractivity contribution < 1.29 is 4.79 Å². The Bertz CT molecular complexity index is 1720. The lowest BCUT2D eigenvalue weighted by molar-refractivity contribution is 0.102. The van der Waals surface area contributed by atoms with Gasteiger partial charge in [0.1, 0.15) is 0 Å². The molecule has 1 aliphatic rings. The van der Waals surface area contributed by atoms with E-state index >= 15 is 0 Å². The van der Waals surface area contributed by atoms with Crippen molar-refractivity contribution in [2.45, 2.75) is 20.3 Å². The summed E-state index contributed by atoms with van der Waals surface area (Å²) in [4.78, 5) is 22.7. The van der Waals surface area contributed by atoms with Crippen molar-refractivity contribution in [3.63, 3.8) is 0 Å². The molecule has 0 saturated heterocycles. The molecule has 7 nitrogen and oxygen atoms in total. The minimum atomic E-state index is -0.180. The maximum atomic E-state index is 13.0. The highest BCUT2D eigenvalue weighted by Gasteiger charge is 2.14. The summed E-state index contributed by atoms with van der Waals surface area (Å²) in [6, 6.07) is 23.2. The average Bonchev–Trinajstić information content (AvgIpc) is 3.49. The summed E-state index contributed by atoms with van der Waals surface area (Å²) in [6.45, 7) is 4.18. The van der Waals surface area contributed by atoms with Gasteiger partial charge in [0.25, 0.3) is 5.91 Å². The van der Waals surface area contributed by atoms with Gasteiger partial charge >= 0.3 is 0 Å². The molecule has 3 N–H and O–H groups in total. The maximum Gasteiger partial charge on any atom is 0.255 e. The first-order valence-corrected chi connectivity index (χ1v) is 13.0. The number of aryl methyl sites for hydroxylation is 1. The zero-order valence-electron chi connectivity index (χ0n) is 21.8. The number of hydrogen-bond acceptors (Lipinski definition) is 5. The highest BCUT2D eigenvalue weighted by atomic mass is 16.1. The maximum absolute atomic E-state index is 13.0. The van der Waals surface area contributed by atoms with E-state index in [0.29, 0.717) is 17.4 Å². The number of amides is 1. The Morgan fingerprint density at radius 1 is 1.00 bits per heavy atom. The van der Waals surface area contributed by atoms with Crippen LogP contribution in [0.5, 0.6) is 0 Å². The van der Waals surface area contributed by atoms with E-state index < -0.39 is 0 Å². The number of benzene rings is 3. The van der Waals surface area contributed by atoms with E-state index in [-0.39, 0.29) is 5.91 Å². The summed E-state index contributed by atoms with van der Waals surface area (Å²) in [5.41, 5.74) is 7.83. The molecule has 39 heavy (non-hydrogen) atoms. The molecule has 1 atom stereocenters. The van der Waals surface area contributed by atoms with E-state index in [9.17, 15) is 4.79 Å². The minimum Gasteiger partial charge on any atom is -0.324 e. The summed E-state index contributed by atoms with van der Waals surface area (Å²) in [5.74, 6) is 0.797. The fourth-order valence-electron chi connectivity index (χ4n) is 4.72. The van der Waals surface area contributed by atoms with Crippen LogP contribution in [0.15, 0.2) is 97.2 Å². The van der Waals surface area contributed by atoms with Crippen LogP contribution in [-0.2, 0) is 0 Å². The molecule has 192 valence electrons. The Hall–Kier alpha value is -5.04. The molecule has 0 spiro atoms. The monoisotopic (exact) mass is 512 g/mol. The van der Waals surface area contributed by atoms with E-state index in [2.05, 4.69) is 52.0 Å². The van der Waals surface area contributed by atoms with Crippen LogP contribution in [-0.4, -0.2) is 26.1 Å². The molecule has 0 aliphatic heterocycles. The Kier molecular flexibility index (Phi) is 6.47. The number of H-pyrrole nitrogens is 1. The van der Waals surface area contributed by atoms with E-state index in [4.69, 9.17) is 9.97 Å². The summed E-state index contributed by atoms with van der Waals surface area (Å²) in [5, 5.41) is 14.3. The van der Waals surface area contributed by atoms with Gasteiger partial charge in [0.2, 0.25) is 5.95 Å². The van der Waals surface area contributed by atoms with Crippen molar-refractivity contribution in [3.8, 4) is 11.3 Å². The van der Waals surface area contributed by atoms with Gasteiger partial charge in [-0.15, -0.1) is 0 Å². The molecule has 1 aliphatic carbocycles. The Balaban J connectivity index is 1.22. The number of aromatic nitrogens is 4. The molecule has 0 bridgehead atoms. The fraction of sp³-hybridized carbons (Fsp3) is 0.125. The average molecular weight is 513 g/mol. The Morgan fingerprint density at radius 2 is 1.85 bits per heavy atom. The molecular weight excluding hydrogens is 484 g/mol. The third kappa shape index (κ3) is 5.20. The summed E-state index contributed by atoms with van der Waals surface area (Å²) in [7, 11) is 0. The van der Waals surface area contributed by atoms with E-state index in [0.717, 1.165) is 56.8 Å². The highest BCUT2D eigenvalue weighted by Crippen LogP contribution is 2.30. The summed E-state index contributed by atoms with van der Waals surface area (Å²) in [6.07, 6.45) is 9.34. The van der Waals surface area contributed by atoms with Crippen LogP contribution in [0.4, 0.5) is 17.3 Å². The van der Waals surface area contributed by atoms with Crippen molar-refractivity contribution >= 4 is 39.7 Å². The number of aromatic amines is 1. The number of anilines is 3. The number of carbonyl (C=O) groups is 1. The lowest BCUT2D eigenvalue weighted by Gasteiger charge is -2.15. The standard InChI is InChI=1S/C32H28N6O/c1-20-6-5-7-24(18-20)30-26-8-3-4-9-28(26)36-32(37-30)34-25-14-12-22(13-15-25)31(39)35-29-19-23(11-10-21(29)2)27-16-17-33-38-27/h3-5,7-20H,6H2,1-2H3,(H,33,38)(H,35,39)(H,34,36,37). The largest absolute Gasteiger partial charge is 0.324 e. The molecular formula is C32H28N6O. The van der Waals surface area contributed by atoms with E-state index in [1.54, 1.807) is 18.3 Å². The number of para-hydroxylation sites is 1. The Morgan fingerprint density at radius 3 is 2.64 bits per heavy atom. The first-order valence-electron chi connectivity index (χ1n) is 13.0. The van der Waals surface area contributed by atoms with Crippen LogP contribution >= 0.6 is 0 Å². The van der Waals surface area contributed by atoms with Crippen molar-refractivity contribution in [2.24, 2.45) is 5.92 Å². The SMILES string of the molecule is Cc1ccc(-c2ccn[nH]2)cc1NC(=O)c1ccc(Nc2nc(C3=CC(C)CC=C3)c3ccccc3n2)cc1. The van der Waals surface area contributed by atoms with Crippen LogP contribution in [0, 0.1) is 12.8 Å². The van der Waals surface area contributed by atoms with Crippen LogP contribution in [0.2, 0.25) is 0 Å². The number of nitrogens with zero attached hydrogens (tertiary/aromatic N) is 3. The second-order valence-electron chi connectivity index (χ2n) is 9.81. The highest BCUT2D eigenvalue weighted by molar-refractivity contribution is 6.05. The minimum absolute atomic E-state index is 0.180. The number of allylic oxidation sites excluding steroid dienone is 4. The normalized spacial score (nSPS) is 14.7. The Labute approximate surface area is 226 Å². The van der Waals surface area contributed by atoms with E-state index in [1.165, 1.54) is 0 Å². The second kappa shape index (κ2) is 10.4. The van der Waals surface area contributed by atoms with Gasteiger partial charge < -0.3 is 10.6 Å². The van der Waals surface area contributed by atoms with Crippen molar-refractivity contribution in [1.29, 1.82) is 0 Å². The smallest absolute Gasteiger partial charge is 0.255 e. The van der Waals surface area contributed by atoms with Gasteiger partial charge in [0, 0.05) is 34.1 Å². The summed E-state index contributed by atoms with van der Waals surface area (Å²) < 4.78 is 0. The number of fused-ring (bicyclic) bond motifs is 1. The molecule has 0 saturated carbocycles. The van der Waals surface area contributed by atoms with Gasteiger partial charge in [-0.1, -0.05) is 55.5 Å². The fourth-order valence-corrected chi connectivity index (χ4v) is 4.72. The number of rotatable bonds is 6. The lowest BCUT2D eigenvalue weighted by Crippen LogP contribution is -2.13. The molecule has 1 amide bonds. The third-order valence-corrected chi connectivity index (χ3v) is 6.85. The predicted octanol–water partition coefficient (Wildman–Crippen LogP) is 7.30. The summed E-state index contributed by atoms with van der Waals surface area (Å²) >= 11 is 0. The number of carbonyl (C=O) groups excluding carboxylic acids is 1. The van der Waals surface area contributed by atoms with Gasteiger partial charge in [-0.3, -0.25) is 9.89 Å². The van der Waals surface area contributed by atoms with Crippen molar-refractivity contribution in [2.75, 3.05) is 10.6 Å². The second-order valence-corrected chi connectivity index (χ2v) is 9.81. The zero-order chi connectivity index (χ0) is 26.8. The van der Waals surface area contributed by atoms with Gasteiger partial charge in [-0.2, -0.15) is 5.10 Å². The van der Waals surface area contributed by atoms with Gasteiger partial charge in [0.05, 0.1) is 16.9 Å². The first kappa shape index (κ1) is 24.3. The molecule has 6 rings (SSSR count).